The van der Waals surface area contributed by atoms with E-state index in [0.717, 1.165) is 31.7 Å². The Bertz CT molecular complexity index is 501. The smallest absolute Gasteiger partial charge is 0.230 e. The lowest BCUT2D eigenvalue weighted by Gasteiger charge is -2.37. The maximum Gasteiger partial charge on any atom is 0.230 e. The van der Waals surface area contributed by atoms with Crippen LogP contribution >= 0.6 is 11.8 Å². The summed E-state index contributed by atoms with van der Waals surface area (Å²) in [7, 11) is 0. The van der Waals surface area contributed by atoms with Crippen LogP contribution < -0.4 is 5.32 Å². The molecule has 2 heterocycles. The van der Waals surface area contributed by atoms with Gasteiger partial charge in [0.15, 0.2) is 0 Å². The lowest BCUT2D eigenvalue weighted by molar-refractivity contribution is -0.120. The van der Waals surface area contributed by atoms with E-state index in [-0.39, 0.29) is 10.7 Å². The van der Waals surface area contributed by atoms with Gasteiger partial charge in [-0.25, -0.2) is 0 Å². The lowest BCUT2D eigenvalue weighted by Crippen LogP contribution is -2.50. The molecule has 0 saturated carbocycles. The molecular weight excluding hydrogens is 306 g/mol. The number of aromatic nitrogens is 1. The van der Waals surface area contributed by atoms with Crippen molar-refractivity contribution < 1.29 is 4.79 Å². The van der Waals surface area contributed by atoms with Crippen molar-refractivity contribution in [2.24, 2.45) is 5.92 Å². The number of amides is 1. The molecule has 1 N–H and O–H groups in total. The van der Waals surface area contributed by atoms with E-state index in [4.69, 9.17) is 0 Å². The van der Waals surface area contributed by atoms with Crippen LogP contribution in [0.4, 0.5) is 0 Å². The molecule has 0 radical (unpaired) electrons. The van der Waals surface area contributed by atoms with Gasteiger partial charge < -0.3 is 5.32 Å². The normalized spacial score (nSPS) is 22.8. The zero-order valence-corrected chi connectivity index (χ0v) is 15.5. The number of nitrogens with zero attached hydrogens (tertiary/aromatic N) is 2. The van der Waals surface area contributed by atoms with Crippen LogP contribution in [0.2, 0.25) is 0 Å². The van der Waals surface area contributed by atoms with Crippen LogP contribution in [-0.4, -0.2) is 45.4 Å². The molecule has 1 aromatic rings. The number of carbonyl (C=O) groups is 1. The predicted octanol–water partition coefficient (Wildman–Crippen LogP) is 2.94. The van der Waals surface area contributed by atoms with E-state index in [1.807, 2.05) is 18.3 Å². The van der Waals surface area contributed by atoms with Gasteiger partial charge in [0, 0.05) is 36.6 Å². The highest BCUT2D eigenvalue weighted by molar-refractivity contribution is 8.01. The second kappa shape index (κ2) is 8.15. The zero-order valence-electron chi connectivity index (χ0n) is 14.7. The van der Waals surface area contributed by atoms with Crippen LogP contribution in [0.15, 0.2) is 24.4 Å². The predicted molar refractivity (Wildman–Crippen MR) is 97.4 cm³/mol. The average Bonchev–Trinajstić information content (AvgIpc) is 2.48. The minimum atomic E-state index is 0.134. The van der Waals surface area contributed by atoms with Crippen LogP contribution in [0.3, 0.4) is 0 Å². The highest BCUT2D eigenvalue weighted by atomic mass is 32.2. The van der Waals surface area contributed by atoms with Gasteiger partial charge in [0.1, 0.15) is 0 Å². The summed E-state index contributed by atoms with van der Waals surface area (Å²) in [6.45, 7) is 11.6. The summed E-state index contributed by atoms with van der Waals surface area (Å²) < 4.78 is 0.134. The van der Waals surface area contributed by atoms with Crippen LogP contribution in [0.1, 0.15) is 39.8 Å². The number of thioether (sulfide) groups is 1. The summed E-state index contributed by atoms with van der Waals surface area (Å²) in [5.41, 5.74) is 1.11. The third-order valence-corrected chi connectivity index (χ3v) is 5.36. The summed E-state index contributed by atoms with van der Waals surface area (Å²) >= 11 is 1.70. The van der Waals surface area contributed by atoms with Crippen LogP contribution in [-0.2, 0) is 11.3 Å². The Morgan fingerprint density at radius 1 is 1.43 bits per heavy atom. The van der Waals surface area contributed by atoms with E-state index in [1.54, 1.807) is 11.8 Å². The molecule has 128 valence electrons. The van der Waals surface area contributed by atoms with Crippen LogP contribution in [0.25, 0.3) is 0 Å². The highest BCUT2D eigenvalue weighted by Crippen LogP contribution is 2.23. The number of nitrogens with one attached hydrogen (secondary N) is 1. The van der Waals surface area contributed by atoms with Gasteiger partial charge in [-0.2, -0.15) is 0 Å². The number of hydrogen-bond donors (Lipinski definition) is 1. The van der Waals surface area contributed by atoms with E-state index in [9.17, 15) is 4.79 Å². The lowest BCUT2D eigenvalue weighted by atomic mass is 9.93. The number of pyridine rings is 1. The number of carbonyl (C=O) groups excluding carboxylic acids is 1. The van der Waals surface area contributed by atoms with Gasteiger partial charge in [0.2, 0.25) is 5.91 Å². The van der Waals surface area contributed by atoms with E-state index in [0.29, 0.717) is 17.7 Å². The Balaban J connectivity index is 1.76. The van der Waals surface area contributed by atoms with E-state index >= 15 is 0 Å². The van der Waals surface area contributed by atoms with Gasteiger partial charge in [0.05, 0.1) is 11.4 Å². The average molecular weight is 336 g/mol. The molecule has 0 bridgehead atoms. The topological polar surface area (TPSA) is 45.2 Å². The first-order chi connectivity index (χ1) is 10.8. The summed E-state index contributed by atoms with van der Waals surface area (Å²) in [6.07, 6.45) is 2.86. The molecule has 0 aromatic carbocycles. The van der Waals surface area contributed by atoms with Gasteiger partial charge in [-0.15, -0.1) is 11.8 Å². The fraction of sp³-hybridized carbons (Fsp3) is 0.667. The number of rotatable bonds is 5. The van der Waals surface area contributed by atoms with Gasteiger partial charge in [0.25, 0.3) is 0 Å². The molecule has 1 aliphatic rings. The summed E-state index contributed by atoms with van der Waals surface area (Å²) in [5, 5.41) is 3.22. The molecule has 2 rings (SSSR count). The van der Waals surface area contributed by atoms with Crippen molar-refractivity contribution in [2.45, 2.75) is 51.4 Å². The Morgan fingerprint density at radius 3 is 2.83 bits per heavy atom. The monoisotopic (exact) mass is 335 g/mol. The van der Waals surface area contributed by atoms with Crippen molar-refractivity contribution in [2.75, 3.05) is 18.8 Å². The van der Waals surface area contributed by atoms with Crippen molar-refractivity contribution in [1.29, 1.82) is 0 Å². The summed E-state index contributed by atoms with van der Waals surface area (Å²) in [5.74, 6) is 1.18. The molecule has 0 aliphatic carbocycles. The van der Waals surface area contributed by atoms with Crippen molar-refractivity contribution in [3.8, 4) is 0 Å². The summed E-state index contributed by atoms with van der Waals surface area (Å²) in [6, 6.07) is 6.35. The first-order valence-corrected chi connectivity index (χ1v) is 9.37. The highest BCUT2D eigenvalue weighted by Gasteiger charge is 2.27. The summed E-state index contributed by atoms with van der Waals surface area (Å²) in [4.78, 5) is 18.9. The van der Waals surface area contributed by atoms with Crippen LogP contribution in [0, 0.1) is 5.92 Å². The Labute approximate surface area is 144 Å². The second-order valence-corrected chi connectivity index (χ2v) is 9.20. The molecule has 1 aliphatic heterocycles. The van der Waals surface area contributed by atoms with Gasteiger partial charge in [-0.1, -0.05) is 33.8 Å². The molecule has 5 heteroatoms. The fourth-order valence-corrected chi connectivity index (χ4v) is 3.49. The molecule has 1 fully saturated rings. The minimum Gasteiger partial charge on any atom is -0.352 e. The molecule has 0 spiro atoms. The number of likely N-dealkylation sites (tertiary alicyclic amines) is 1. The maximum absolute atomic E-state index is 12.1. The van der Waals surface area contributed by atoms with Gasteiger partial charge in [-0.05, 0) is 24.5 Å². The van der Waals surface area contributed by atoms with E-state index < -0.39 is 0 Å². The molecule has 2 atom stereocenters. The van der Waals surface area contributed by atoms with Crippen molar-refractivity contribution in [1.82, 2.24) is 15.2 Å². The Morgan fingerprint density at radius 2 is 2.22 bits per heavy atom. The third kappa shape index (κ3) is 6.51. The Kier molecular flexibility index (Phi) is 6.48. The standard InChI is InChI=1S/C18H29N3OS/c1-14-11-21(12-15-7-5-6-9-19-15)10-8-16(14)20-17(22)13-23-18(2,3)4/h5-7,9,14,16H,8,10-13H2,1-4H3,(H,20,22)/t14-,16+/m1/s1. The molecule has 23 heavy (non-hydrogen) atoms. The molecule has 1 saturated heterocycles. The number of piperidine rings is 1. The largest absolute Gasteiger partial charge is 0.352 e. The molecule has 1 amide bonds. The van der Waals surface area contributed by atoms with Crippen molar-refractivity contribution in [3.63, 3.8) is 0 Å². The van der Waals surface area contributed by atoms with Crippen LogP contribution in [0.5, 0.6) is 0 Å². The van der Waals surface area contributed by atoms with E-state index in [1.165, 1.54) is 0 Å². The van der Waals surface area contributed by atoms with Crippen molar-refractivity contribution in [3.05, 3.63) is 30.1 Å². The zero-order chi connectivity index (χ0) is 16.9. The maximum atomic E-state index is 12.1. The SMILES string of the molecule is C[C@@H]1CN(Cc2ccccn2)CC[C@@H]1NC(=O)CSC(C)(C)C. The fourth-order valence-electron chi connectivity index (χ4n) is 2.84. The molecular formula is C18H29N3OS. The molecule has 4 nitrogen and oxygen atoms in total. The van der Waals surface area contributed by atoms with Gasteiger partial charge in [-0.3, -0.25) is 14.7 Å². The quantitative estimate of drug-likeness (QED) is 0.898. The van der Waals surface area contributed by atoms with E-state index in [2.05, 4.69) is 49.0 Å². The second-order valence-electron chi connectivity index (χ2n) is 7.40. The molecule has 1 aromatic heterocycles. The minimum absolute atomic E-state index is 0.134. The first-order valence-electron chi connectivity index (χ1n) is 8.39. The Hall–Kier alpha value is -1.07. The first kappa shape index (κ1) is 18.3. The molecule has 0 unspecified atom stereocenters. The third-order valence-electron chi connectivity index (χ3n) is 4.08. The van der Waals surface area contributed by atoms with Crippen molar-refractivity contribution >= 4 is 17.7 Å². The van der Waals surface area contributed by atoms with Gasteiger partial charge >= 0.3 is 0 Å². The number of hydrogen-bond acceptors (Lipinski definition) is 4.